The Morgan fingerprint density at radius 2 is 1.66 bits per heavy atom. The van der Waals surface area contributed by atoms with Crippen molar-refractivity contribution in [1.29, 1.82) is 0 Å². The Bertz CT molecular complexity index is 815. The van der Waals surface area contributed by atoms with E-state index < -0.39 is 37.3 Å². The summed E-state index contributed by atoms with van der Waals surface area (Å²) in [6.07, 6.45) is -6.29. The van der Waals surface area contributed by atoms with Crippen LogP contribution in [0.1, 0.15) is 5.56 Å². The lowest BCUT2D eigenvalue weighted by molar-refractivity contribution is -0.275. The Labute approximate surface area is 178 Å². The van der Waals surface area contributed by atoms with Crippen LogP contribution < -0.4 is 9.47 Å². The van der Waals surface area contributed by atoms with Gasteiger partial charge in [-0.1, -0.05) is 29.3 Å². The number of halogens is 1. The molecule has 0 amide bonds. The Balaban J connectivity index is 1.70. The van der Waals surface area contributed by atoms with E-state index in [9.17, 15) is 15.3 Å². The Morgan fingerprint density at radius 1 is 1.03 bits per heavy atom. The normalized spacial score (nSPS) is 26.6. The van der Waals surface area contributed by atoms with Gasteiger partial charge in [-0.05, 0) is 43.3 Å². The summed E-state index contributed by atoms with van der Waals surface area (Å²) in [4.78, 5) is 0. The number of benzene rings is 2. The highest BCUT2D eigenvalue weighted by molar-refractivity contribution is 7.79. The Hall–Kier alpha value is -1.94. The average molecular weight is 441 g/mol. The lowest BCUT2D eigenvalue weighted by Gasteiger charge is -2.41. The molecule has 2 aromatic rings. The molecule has 9 heteroatoms. The van der Waals surface area contributed by atoms with Gasteiger partial charge in [0.1, 0.15) is 23.7 Å². The molecule has 1 heterocycles. The summed E-state index contributed by atoms with van der Waals surface area (Å²) in [5.41, 5.74) is 1.05. The molecule has 1 aliphatic heterocycles. The van der Waals surface area contributed by atoms with Crippen molar-refractivity contribution < 1.29 is 34.3 Å². The highest BCUT2D eigenvalue weighted by Crippen LogP contribution is 2.27. The third kappa shape index (κ3) is 5.57. The van der Waals surface area contributed by atoms with Crippen molar-refractivity contribution in [3.8, 4) is 11.5 Å². The van der Waals surface area contributed by atoms with E-state index in [4.69, 9.17) is 42.8 Å². The summed E-state index contributed by atoms with van der Waals surface area (Å²) >= 11 is 10.9. The molecule has 3 rings (SSSR count). The molecule has 0 aromatic heterocycles. The maximum absolute atomic E-state index is 10.6. The van der Waals surface area contributed by atoms with Crippen molar-refractivity contribution in [2.45, 2.75) is 37.6 Å². The van der Waals surface area contributed by atoms with Gasteiger partial charge in [0.2, 0.25) is 6.29 Å². The number of aliphatic hydroxyl groups excluding tert-OH is 3. The molecule has 156 valence electrons. The minimum absolute atomic E-state index is 0.291. The van der Waals surface area contributed by atoms with Crippen molar-refractivity contribution in [3.05, 3.63) is 59.1 Å². The molecule has 3 N–H and O–H groups in total. The maximum atomic E-state index is 10.6. The first-order chi connectivity index (χ1) is 13.9. The van der Waals surface area contributed by atoms with Crippen LogP contribution in [0.5, 0.6) is 11.5 Å². The van der Waals surface area contributed by atoms with Gasteiger partial charge < -0.3 is 34.3 Å². The van der Waals surface area contributed by atoms with Gasteiger partial charge in [-0.15, -0.1) is 0 Å². The second-order valence-corrected chi connectivity index (χ2v) is 7.30. The number of ether oxygens (including phenoxy) is 4. The van der Waals surface area contributed by atoms with Crippen LogP contribution in [0.4, 0.5) is 0 Å². The number of hydrogen-bond donors (Lipinski definition) is 3. The Morgan fingerprint density at radius 3 is 2.28 bits per heavy atom. The zero-order valence-electron chi connectivity index (χ0n) is 15.5. The number of rotatable bonds is 5. The molecule has 5 atom stereocenters. The van der Waals surface area contributed by atoms with Gasteiger partial charge in [-0.25, -0.2) is 0 Å². The molecular formula is C20H21ClO7S. The van der Waals surface area contributed by atoms with Gasteiger partial charge in [0.25, 0.3) is 0 Å². The van der Waals surface area contributed by atoms with Crippen LogP contribution in [0, 0.1) is 6.92 Å². The molecule has 0 unspecified atom stereocenters. The number of hydrogen-bond acceptors (Lipinski definition) is 8. The smallest absolute Gasteiger partial charge is 0.358 e. The van der Waals surface area contributed by atoms with Gasteiger partial charge >= 0.3 is 5.24 Å². The highest BCUT2D eigenvalue weighted by Gasteiger charge is 2.47. The van der Waals surface area contributed by atoms with Crippen LogP contribution in [0.15, 0.2) is 48.5 Å². The average Bonchev–Trinajstić information content (AvgIpc) is 2.70. The van der Waals surface area contributed by atoms with Crippen LogP contribution in [-0.4, -0.2) is 57.9 Å². The fourth-order valence-electron chi connectivity index (χ4n) is 2.77. The molecule has 0 aliphatic carbocycles. The standard InChI is InChI=1S/C20H21ClO7S/c1-11-2-6-14(7-3-11)26-20(29)28-18-16(23)15(10-22)27-19(17(18)24)25-13-8-4-12(21)5-9-13/h2-9,15-19,22-24H,10H2,1H3/t15-,16-,17+,18+,19+/m1/s1. The van der Waals surface area contributed by atoms with Crippen LogP contribution in [0.2, 0.25) is 5.02 Å². The highest BCUT2D eigenvalue weighted by atomic mass is 35.5. The molecule has 1 aliphatic rings. The van der Waals surface area contributed by atoms with E-state index in [1.54, 1.807) is 36.4 Å². The molecular weight excluding hydrogens is 420 g/mol. The summed E-state index contributed by atoms with van der Waals surface area (Å²) in [6.45, 7) is 1.42. The van der Waals surface area contributed by atoms with Gasteiger partial charge in [0.05, 0.1) is 6.61 Å². The fourth-order valence-corrected chi connectivity index (χ4v) is 3.11. The van der Waals surface area contributed by atoms with E-state index in [0.717, 1.165) is 5.56 Å². The third-order valence-electron chi connectivity index (χ3n) is 4.34. The zero-order valence-corrected chi connectivity index (χ0v) is 17.0. The minimum atomic E-state index is -1.41. The summed E-state index contributed by atoms with van der Waals surface area (Å²) in [5.74, 6) is 0.827. The summed E-state index contributed by atoms with van der Waals surface area (Å²) < 4.78 is 22.0. The quantitative estimate of drug-likeness (QED) is 0.609. The fraction of sp³-hybridized carbons (Fsp3) is 0.350. The number of aryl methyl sites for hydroxylation is 1. The first kappa shape index (κ1) is 21.8. The van der Waals surface area contributed by atoms with Gasteiger partial charge in [0, 0.05) is 17.2 Å². The second kappa shape index (κ2) is 9.71. The zero-order chi connectivity index (χ0) is 21.0. The van der Waals surface area contributed by atoms with E-state index in [1.165, 1.54) is 0 Å². The number of aliphatic hydroxyl groups is 3. The second-order valence-electron chi connectivity index (χ2n) is 6.53. The van der Waals surface area contributed by atoms with Crippen molar-refractivity contribution >= 4 is 29.1 Å². The van der Waals surface area contributed by atoms with E-state index in [2.05, 4.69) is 0 Å². The molecule has 7 nitrogen and oxygen atoms in total. The number of thiocarbonyl (C=S) groups is 1. The summed E-state index contributed by atoms with van der Waals surface area (Å²) in [7, 11) is 0. The lowest BCUT2D eigenvalue weighted by atomic mass is 9.99. The van der Waals surface area contributed by atoms with E-state index >= 15 is 0 Å². The molecule has 0 radical (unpaired) electrons. The molecule has 0 spiro atoms. The van der Waals surface area contributed by atoms with E-state index in [0.29, 0.717) is 16.5 Å². The molecule has 0 bridgehead atoms. The molecule has 29 heavy (non-hydrogen) atoms. The van der Waals surface area contributed by atoms with Crippen LogP contribution >= 0.6 is 23.8 Å². The Kier molecular flexibility index (Phi) is 7.28. The SMILES string of the molecule is Cc1ccc(OC(=S)O[C@@H]2[C@H](O)[C@@H](Oc3ccc(Cl)cc3)O[C@H](CO)[C@H]2O)cc1. The molecule has 2 aromatic carbocycles. The van der Waals surface area contributed by atoms with Crippen LogP contribution in [0.25, 0.3) is 0 Å². The lowest BCUT2D eigenvalue weighted by Crippen LogP contribution is -2.61. The minimum Gasteiger partial charge on any atom is -0.462 e. The van der Waals surface area contributed by atoms with Crippen molar-refractivity contribution in [2.24, 2.45) is 0 Å². The predicted molar refractivity (Wildman–Crippen MR) is 109 cm³/mol. The van der Waals surface area contributed by atoms with E-state index in [1.807, 2.05) is 19.1 Å². The van der Waals surface area contributed by atoms with E-state index in [-0.39, 0.29) is 5.24 Å². The third-order valence-corrected chi connectivity index (χ3v) is 4.77. The molecule has 0 saturated carbocycles. The largest absolute Gasteiger partial charge is 0.462 e. The predicted octanol–water partition coefficient (Wildman–Crippen LogP) is 2.22. The van der Waals surface area contributed by atoms with Gasteiger partial charge in [0.15, 0.2) is 12.2 Å². The molecule has 1 saturated heterocycles. The topological polar surface area (TPSA) is 97.6 Å². The van der Waals surface area contributed by atoms with Crippen LogP contribution in [0.3, 0.4) is 0 Å². The monoisotopic (exact) mass is 440 g/mol. The van der Waals surface area contributed by atoms with Gasteiger partial charge in [-0.3, -0.25) is 0 Å². The van der Waals surface area contributed by atoms with Crippen molar-refractivity contribution in [1.82, 2.24) is 0 Å². The van der Waals surface area contributed by atoms with Gasteiger partial charge in [-0.2, -0.15) is 0 Å². The van der Waals surface area contributed by atoms with Crippen molar-refractivity contribution in [3.63, 3.8) is 0 Å². The summed E-state index contributed by atoms with van der Waals surface area (Å²) in [6, 6.07) is 13.5. The molecule has 1 fully saturated rings. The van der Waals surface area contributed by atoms with Crippen LogP contribution in [-0.2, 0) is 9.47 Å². The first-order valence-corrected chi connectivity index (χ1v) is 9.66. The first-order valence-electron chi connectivity index (χ1n) is 8.87. The van der Waals surface area contributed by atoms with Crippen molar-refractivity contribution in [2.75, 3.05) is 6.61 Å². The summed E-state index contributed by atoms with van der Waals surface area (Å²) in [5, 5.41) is 30.8. The maximum Gasteiger partial charge on any atom is 0.358 e.